The fourth-order valence-corrected chi connectivity index (χ4v) is 1.58. The molecule has 4 nitrogen and oxygen atoms in total. The molecule has 0 radical (unpaired) electrons. The average Bonchev–Trinajstić information content (AvgIpc) is 2.74. The van der Waals surface area contributed by atoms with Crippen molar-refractivity contribution in [2.45, 2.75) is 6.18 Å². The standard InChI is InChI=1S/C11H10F3N3O/c1-18-9-4-6(8-5-16-10(15)17-8)2-3-7(9)11(12,13)14/h2-5H,1H3,(H3,15,16,17). The molecule has 1 aromatic heterocycles. The molecular formula is C11H10F3N3O. The molecule has 2 rings (SSSR count). The maximum atomic E-state index is 12.7. The zero-order valence-corrected chi connectivity index (χ0v) is 9.38. The Morgan fingerprint density at radius 1 is 1.33 bits per heavy atom. The van der Waals surface area contributed by atoms with Crippen molar-refractivity contribution in [2.75, 3.05) is 12.8 Å². The Morgan fingerprint density at radius 3 is 2.56 bits per heavy atom. The number of hydrogen-bond acceptors (Lipinski definition) is 3. The lowest BCUT2D eigenvalue weighted by molar-refractivity contribution is -0.138. The smallest absolute Gasteiger partial charge is 0.419 e. The number of nitrogens with one attached hydrogen (secondary N) is 1. The summed E-state index contributed by atoms with van der Waals surface area (Å²) in [6.07, 6.45) is -3.01. The molecule has 0 amide bonds. The third-order valence-corrected chi connectivity index (χ3v) is 2.41. The highest BCUT2D eigenvalue weighted by atomic mass is 19.4. The molecule has 0 unspecified atom stereocenters. The molecule has 2 aromatic rings. The Hall–Kier alpha value is -2.18. The van der Waals surface area contributed by atoms with Crippen LogP contribution in [-0.2, 0) is 6.18 Å². The fraction of sp³-hybridized carbons (Fsp3) is 0.182. The summed E-state index contributed by atoms with van der Waals surface area (Å²) in [5, 5.41) is 0. The largest absolute Gasteiger partial charge is 0.496 e. The molecule has 0 atom stereocenters. The van der Waals surface area contributed by atoms with Gasteiger partial charge in [0.2, 0.25) is 0 Å². The minimum absolute atomic E-state index is 0.198. The molecule has 0 aliphatic carbocycles. The maximum absolute atomic E-state index is 12.7. The number of halogens is 3. The molecule has 0 spiro atoms. The first kappa shape index (κ1) is 12.3. The summed E-state index contributed by atoms with van der Waals surface area (Å²) in [5.41, 5.74) is 5.63. The zero-order valence-electron chi connectivity index (χ0n) is 9.38. The van der Waals surface area contributed by atoms with E-state index in [0.717, 1.165) is 6.07 Å². The van der Waals surface area contributed by atoms with Gasteiger partial charge in [0.25, 0.3) is 0 Å². The fourth-order valence-electron chi connectivity index (χ4n) is 1.58. The Labute approximate surface area is 101 Å². The summed E-state index contributed by atoms with van der Waals surface area (Å²) in [7, 11) is 1.19. The van der Waals surface area contributed by atoms with Crippen LogP contribution in [0.2, 0.25) is 0 Å². The Kier molecular flexibility index (Phi) is 2.90. The number of ether oxygens (including phenoxy) is 1. The van der Waals surface area contributed by atoms with Crippen LogP contribution in [0.3, 0.4) is 0 Å². The normalized spacial score (nSPS) is 11.6. The van der Waals surface area contributed by atoms with Gasteiger partial charge in [-0.3, -0.25) is 0 Å². The van der Waals surface area contributed by atoms with Gasteiger partial charge in [-0.05, 0) is 12.1 Å². The zero-order chi connectivity index (χ0) is 13.3. The third kappa shape index (κ3) is 2.24. The van der Waals surface area contributed by atoms with Crippen molar-refractivity contribution in [3.8, 4) is 17.0 Å². The number of nitrogens with two attached hydrogens (primary N) is 1. The topological polar surface area (TPSA) is 63.9 Å². The van der Waals surface area contributed by atoms with Crippen LogP contribution in [0.15, 0.2) is 24.4 Å². The maximum Gasteiger partial charge on any atom is 0.419 e. The Bertz CT molecular complexity index is 563. The van der Waals surface area contributed by atoms with E-state index in [2.05, 4.69) is 9.97 Å². The molecule has 7 heteroatoms. The second-order valence-corrected chi connectivity index (χ2v) is 3.59. The highest BCUT2D eigenvalue weighted by molar-refractivity contribution is 5.63. The first-order valence-electron chi connectivity index (χ1n) is 4.98. The van der Waals surface area contributed by atoms with Crippen molar-refractivity contribution in [2.24, 2.45) is 0 Å². The minimum Gasteiger partial charge on any atom is -0.496 e. The van der Waals surface area contributed by atoms with Gasteiger partial charge in [0.05, 0.1) is 24.6 Å². The number of aromatic amines is 1. The number of anilines is 1. The van der Waals surface area contributed by atoms with Crippen molar-refractivity contribution in [3.63, 3.8) is 0 Å². The van der Waals surface area contributed by atoms with Gasteiger partial charge in [-0.15, -0.1) is 0 Å². The summed E-state index contributed by atoms with van der Waals surface area (Å²) < 4.78 is 42.7. The second kappa shape index (κ2) is 4.25. The van der Waals surface area contributed by atoms with Gasteiger partial charge < -0.3 is 15.5 Å². The number of aromatic nitrogens is 2. The molecule has 0 fully saturated rings. The summed E-state index contributed by atoms with van der Waals surface area (Å²) in [6, 6.07) is 3.58. The van der Waals surface area contributed by atoms with E-state index in [9.17, 15) is 13.2 Å². The monoisotopic (exact) mass is 257 g/mol. The molecule has 0 saturated carbocycles. The summed E-state index contributed by atoms with van der Waals surface area (Å²) in [6.45, 7) is 0. The van der Waals surface area contributed by atoms with Crippen molar-refractivity contribution in [1.29, 1.82) is 0 Å². The number of hydrogen-bond donors (Lipinski definition) is 2. The lowest BCUT2D eigenvalue weighted by Crippen LogP contribution is -2.07. The van der Waals surface area contributed by atoms with Gasteiger partial charge in [0.1, 0.15) is 5.75 Å². The van der Waals surface area contributed by atoms with Crippen molar-refractivity contribution >= 4 is 5.95 Å². The number of H-pyrrole nitrogens is 1. The van der Waals surface area contributed by atoms with E-state index in [4.69, 9.17) is 10.5 Å². The molecule has 3 N–H and O–H groups in total. The quantitative estimate of drug-likeness (QED) is 0.869. The van der Waals surface area contributed by atoms with Crippen LogP contribution in [0.4, 0.5) is 19.1 Å². The molecule has 0 saturated heterocycles. The number of methoxy groups -OCH3 is 1. The van der Waals surface area contributed by atoms with E-state index in [1.807, 2.05) is 0 Å². The first-order valence-corrected chi connectivity index (χ1v) is 4.98. The van der Waals surface area contributed by atoms with Gasteiger partial charge in [0, 0.05) is 5.56 Å². The highest BCUT2D eigenvalue weighted by Gasteiger charge is 2.34. The summed E-state index contributed by atoms with van der Waals surface area (Å²) in [5.74, 6) is -0.0444. The van der Waals surface area contributed by atoms with Crippen LogP contribution < -0.4 is 10.5 Å². The lowest BCUT2D eigenvalue weighted by atomic mass is 10.1. The van der Waals surface area contributed by atoms with E-state index in [0.29, 0.717) is 11.3 Å². The van der Waals surface area contributed by atoms with Crippen LogP contribution in [-0.4, -0.2) is 17.1 Å². The van der Waals surface area contributed by atoms with Gasteiger partial charge >= 0.3 is 6.18 Å². The van der Waals surface area contributed by atoms with Crippen LogP contribution in [0.5, 0.6) is 5.75 Å². The number of nitrogen functional groups attached to an aromatic ring is 1. The van der Waals surface area contributed by atoms with Gasteiger partial charge in [0.15, 0.2) is 5.95 Å². The van der Waals surface area contributed by atoms with Crippen molar-refractivity contribution in [3.05, 3.63) is 30.0 Å². The summed E-state index contributed by atoms with van der Waals surface area (Å²) >= 11 is 0. The predicted molar refractivity (Wildman–Crippen MR) is 60.0 cm³/mol. The molecule has 1 aromatic carbocycles. The second-order valence-electron chi connectivity index (χ2n) is 3.59. The molecule has 96 valence electrons. The number of imidazole rings is 1. The van der Waals surface area contributed by atoms with E-state index in [1.165, 1.54) is 25.4 Å². The van der Waals surface area contributed by atoms with Crippen molar-refractivity contribution in [1.82, 2.24) is 9.97 Å². The third-order valence-electron chi connectivity index (χ3n) is 2.41. The molecule has 0 bridgehead atoms. The van der Waals surface area contributed by atoms with E-state index < -0.39 is 11.7 Å². The predicted octanol–water partition coefficient (Wildman–Crippen LogP) is 2.69. The molecule has 0 aliphatic rings. The minimum atomic E-state index is -4.45. The van der Waals surface area contributed by atoms with Gasteiger partial charge in [-0.1, -0.05) is 6.07 Å². The van der Waals surface area contributed by atoms with E-state index in [-0.39, 0.29) is 11.7 Å². The van der Waals surface area contributed by atoms with Crippen LogP contribution in [0, 0.1) is 0 Å². The number of nitrogens with zero attached hydrogens (tertiary/aromatic N) is 1. The molecule has 1 heterocycles. The first-order chi connectivity index (χ1) is 8.41. The molecule has 0 aliphatic heterocycles. The molecule has 18 heavy (non-hydrogen) atoms. The lowest BCUT2D eigenvalue weighted by Gasteiger charge is -2.12. The molecular weight excluding hydrogens is 247 g/mol. The van der Waals surface area contributed by atoms with Crippen LogP contribution >= 0.6 is 0 Å². The van der Waals surface area contributed by atoms with E-state index in [1.54, 1.807) is 0 Å². The summed E-state index contributed by atoms with van der Waals surface area (Å²) in [4.78, 5) is 6.51. The Morgan fingerprint density at radius 2 is 2.06 bits per heavy atom. The average molecular weight is 257 g/mol. The number of rotatable bonds is 2. The number of alkyl halides is 3. The highest BCUT2D eigenvalue weighted by Crippen LogP contribution is 2.38. The van der Waals surface area contributed by atoms with E-state index >= 15 is 0 Å². The SMILES string of the molecule is COc1cc(-c2cnc(N)[nH]2)ccc1C(F)(F)F. The number of benzene rings is 1. The van der Waals surface area contributed by atoms with Crippen molar-refractivity contribution < 1.29 is 17.9 Å². The van der Waals surface area contributed by atoms with Crippen LogP contribution in [0.25, 0.3) is 11.3 Å². The van der Waals surface area contributed by atoms with Crippen LogP contribution in [0.1, 0.15) is 5.56 Å². The Balaban J connectivity index is 2.48. The van der Waals surface area contributed by atoms with Gasteiger partial charge in [-0.2, -0.15) is 13.2 Å². The van der Waals surface area contributed by atoms with Gasteiger partial charge in [-0.25, -0.2) is 4.98 Å².